The monoisotopic (exact) mass is 148 g/mol. The quantitative estimate of drug-likeness (QED) is 0.536. The Hall–Kier alpha value is -1.04. The van der Waals surface area contributed by atoms with Gasteiger partial charge < -0.3 is 0 Å². The van der Waals surface area contributed by atoms with Gasteiger partial charge in [-0.15, -0.1) is 0 Å². The van der Waals surface area contributed by atoms with Gasteiger partial charge in [0.05, 0.1) is 0 Å². The summed E-state index contributed by atoms with van der Waals surface area (Å²) in [6.07, 6.45) is 6.07. The smallest absolute Gasteiger partial charge is 0.0234 e. The van der Waals surface area contributed by atoms with E-state index in [4.69, 9.17) is 0 Å². The Morgan fingerprint density at radius 2 is 1.73 bits per heavy atom. The van der Waals surface area contributed by atoms with Crippen molar-refractivity contribution in [3.8, 4) is 0 Å². The van der Waals surface area contributed by atoms with Gasteiger partial charge in [0.25, 0.3) is 0 Å². The fraction of sp³-hybridized carbons (Fsp3) is 0.273. The van der Waals surface area contributed by atoms with E-state index < -0.39 is 0 Å². The van der Waals surface area contributed by atoms with Crippen molar-refractivity contribution in [1.82, 2.24) is 0 Å². The molecule has 60 valence electrons. The highest BCUT2D eigenvalue weighted by molar-refractivity contribution is 5.40. The molecular formula is C11H16. The van der Waals surface area contributed by atoms with Crippen LogP contribution in [0.3, 0.4) is 0 Å². The summed E-state index contributed by atoms with van der Waals surface area (Å²) in [5.41, 5.74) is 3.28. The second kappa shape index (κ2) is 4.73. The third kappa shape index (κ3) is 4.38. The van der Waals surface area contributed by atoms with E-state index in [1.165, 1.54) is 0 Å². The van der Waals surface area contributed by atoms with Crippen LogP contribution < -0.4 is 0 Å². The lowest BCUT2D eigenvalue weighted by Crippen LogP contribution is -1.79. The molecule has 0 aliphatic heterocycles. The molecule has 0 radical (unpaired) electrons. The van der Waals surface area contributed by atoms with Crippen LogP contribution >= 0.6 is 0 Å². The fourth-order valence-corrected chi connectivity index (χ4v) is 0.759. The minimum Gasteiger partial charge on any atom is -0.0961 e. The van der Waals surface area contributed by atoms with E-state index in [1.54, 1.807) is 0 Å². The van der Waals surface area contributed by atoms with Gasteiger partial charge >= 0.3 is 0 Å². The molecule has 0 saturated heterocycles. The third-order valence-electron chi connectivity index (χ3n) is 1.24. The molecule has 0 saturated carbocycles. The van der Waals surface area contributed by atoms with Gasteiger partial charge in [0, 0.05) is 0 Å². The van der Waals surface area contributed by atoms with Crippen molar-refractivity contribution in [3.63, 3.8) is 0 Å². The Labute approximate surface area is 69.6 Å². The van der Waals surface area contributed by atoms with Crippen LogP contribution in [0.2, 0.25) is 0 Å². The van der Waals surface area contributed by atoms with Crippen LogP contribution in [-0.2, 0) is 0 Å². The van der Waals surface area contributed by atoms with Gasteiger partial charge in [-0.2, -0.15) is 0 Å². The first-order valence-corrected chi connectivity index (χ1v) is 3.73. The third-order valence-corrected chi connectivity index (χ3v) is 1.24. The molecular weight excluding hydrogens is 132 g/mol. The number of hydrogen-bond acceptors (Lipinski definition) is 0. The zero-order valence-corrected chi connectivity index (χ0v) is 7.65. The fourth-order valence-electron chi connectivity index (χ4n) is 0.759. The summed E-state index contributed by atoms with van der Waals surface area (Å²) >= 11 is 0. The van der Waals surface area contributed by atoms with Crippen LogP contribution in [0.5, 0.6) is 0 Å². The van der Waals surface area contributed by atoms with Gasteiger partial charge in [-0.3, -0.25) is 0 Å². The molecule has 0 spiro atoms. The van der Waals surface area contributed by atoms with Gasteiger partial charge in [0.2, 0.25) is 0 Å². The van der Waals surface area contributed by atoms with E-state index in [2.05, 4.69) is 13.2 Å². The maximum Gasteiger partial charge on any atom is -0.0234 e. The van der Waals surface area contributed by atoms with Crippen LogP contribution in [0, 0.1) is 0 Å². The molecule has 0 bridgehead atoms. The van der Waals surface area contributed by atoms with Gasteiger partial charge in [-0.1, -0.05) is 42.5 Å². The van der Waals surface area contributed by atoms with Crippen molar-refractivity contribution in [1.29, 1.82) is 0 Å². The summed E-state index contributed by atoms with van der Waals surface area (Å²) < 4.78 is 0. The van der Waals surface area contributed by atoms with Crippen molar-refractivity contribution < 1.29 is 0 Å². The van der Waals surface area contributed by atoms with Crippen LogP contribution in [-0.4, -0.2) is 0 Å². The summed E-state index contributed by atoms with van der Waals surface area (Å²) in [6, 6.07) is 0. The average molecular weight is 148 g/mol. The summed E-state index contributed by atoms with van der Waals surface area (Å²) in [6.45, 7) is 13.6. The zero-order chi connectivity index (χ0) is 8.85. The molecule has 0 aliphatic rings. The molecule has 11 heavy (non-hydrogen) atoms. The molecule has 0 aromatic rings. The lowest BCUT2D eigenvalue weighted by Gasteiger charge is -1.99. The van der Waals surface area contributed by atoms with Crippen LogP contribution in [0.1, 0.15) is 20.8 Å². The molecule has 0 heterocycles. The normalized spacial score (nSPS) is 12.1. The number of allylic oxidation sites excluding steroid dienone is 6. The lowest BCUT2D eigenvalue weighted by molar-refractivity contribution is 1.41. The largest absolute Gasteiger partial charge is 0.0961 e. The molecule has 0 amide bonds. The van der Waals surface area contributed by atoms with Crippen molar-refractivity contribution in [2.45, 2.75) is 20.8 Å². The second-order valence-electron chi connectivity index (χ2n) is 2.73. The zero-order valence-electron chi connectivity index (χ0n) is 7.65. The average Bonchev–Trinajstić information content (AvgIpc) is 1.86. The highest BCUT2D eigenvalue weighted by Gasteiger charge is 1.90. The summed E-state index contributed by atoms with van der Waals surface area (Å²) in [4.78, 5) is 0. The standard InChI is InChI=1S/C11H16/c1-6-7-11(10(4)5)8-9(2)3/h6-8H,2,4H2,1,3,5H3/b7-6-,11-8+. The van der Waals surface area contributed by atoms with Crippen molar-refractivity contribution in [2.75, 3.05) is 0 Å². The lowest BCUT2D eigenvalue weighted by atomic mass is 10.1. The summed E-state index contributed by atoms with van der Waals surface area (Å²) in [7, 11) is 0. The molecule has 0 N–H and O–H groups in total. The number of rotatable bonds is 3. The minimum atomic E-state index is 1.06. The summed E-state index contributed by atoms with van der Waals surface area (Å²) in [5, 5.41) is 0. The Morgan fingerprint density at radius 3 is 2.00 bits per heavy atom. The Balaban J connectivity index is 4.59. The second-order valence-corrected chi connectivity index (χ2v) is 2.73. The van der Waals surface area contributed by atoms with E-state index in [0.29, 0.717) is 0 Å². The van der Waals surface area contributed by atoms with Crippen molar-refractivity contribution in [3.05, 3.63) is 48.1 Å². The Morgan fingerprint density at radius 1 is 1.18 bits per heavy atom. The van der Waals surface area contributed by atoms with E-state index in [0.717, 1.165) is 16.7 Å². The van der Waals surface area contributed by atoms with Crippen molar-refractivity contribution in [2.24, 2.45) is 0 Å². The predicted molar refractivity (Wildman–Crippen MR) is 52.5 cm³/mol. The molecule has 0 rings (SSSR count). The summed E-state index contributed by atoms with van der Waals surface area (Å²) in [5.74, 6) is 0. The molecule has 0 aromatic carbocycles. The highest BCUT2D eigenvalue weighted by Crippen LogP contribution is 2.10. The van der Waals surface area contributed by atoms with Gasteiger partial charge in [-0.25, -0.2) is 0 Å². The van der Waals surface area contributed by atoms with Gasteiger partial charge in [0.15, 0.2) is 0 Å². The first-order chi connectivity index (χ1) is 5.07. The molecule has 0 heteroatoms. The van der Waals surface area contributed by atoms with Gasteiger partial charge in [-0.05, 0) is 26.3 Å². The first kappa shape index (κ1) is 9.96. The molecule has 0 atom stereocenters. The highest BCUT2D eigenvalue weighted by atomic mass is 14.0. The Kier molecular flexibility index (Phi) is 4.28. The van der Waals surface area contributed by atoms with Crippen LogP contribution in [0.4, 0.5) is 0 Å². The molecule has 0 nitrogen and oxygen atoms in total. The first-order valence-electron chi connectivity index (χ1n) is 3.73. The SMILES string of the molecule is C=C(C)/C=C(\C=C/C)C(=C)C. The molecule has 0 fully saturated rings. The predicted octanol–water partition coefficient (Wildman–Crippen LogP) is 3.64. The van der Waals surface area contributed by atoms with E-state index in [1.807, 2.05) is 39.0 Å². The topological polar surface area (TPSA) is 0 Å². The van der Waals surface area contributed by atoms with Crippen LogP contribution in [0.15, 0.2) is 48.1 Å². The minimum absolute atomic E-state index is 1.06. The van der Waals surface area contributed by atoms with Crippen LogP contribution in [0.25, 0.3) is 0 Å². The van der Waals surface area contributed by atoms with E-state index >= 15 is 0 Å². The maximum atomic E-state index is 3.87. The number of hydrogen-bond donors (Lipinski definition) is 0. The van der Waals surface area contributed by atoms with Gasteiger partial charge in [0.1, 0.15) is 0 Å². The molecule has 0 aliphatic carbocycles. The maximum absolute atomic E-state index is 3.87. The molecule has 0 unspecified atom stereocenters. The van der Waals surface area contributed by atoms with E-state index in [-0.39, 0.29) is 0 Å². The Bertz CT molecular complexity index is 214. The van der Waals surface area contributed by atoms with Crippen molar-refractivity contribution >= 4 is 0 Å². The molecule has 0 aromatic heterocycles. The van der Waals surface area contributed by atoms with E-state index in [9.17, 15) is 0 Å².